The van der Waals surface area contributed by atoms with Crippen molar-refractivity contribution in [2.75, 3.05) is 19.6 Å². The number of aliphatic hydroxyl groups is 1. The molecule has 1 saturated heterocycles. The van der Waals surface area contributed by atoms with Gasteiger partial charge in [-0.25, -0.2) is 4.79 Å². The summed E-state index contributed by atoms with van der Waals surface area (Å²) in [6.45, 7) is 1.91. The predicted molar refractivity (Wildman–Crippen MR) is 77.6 cm³/mol. The number of hydrogen-bond donors (Lipinski definition) is 2. The first kappa shape index (κ1) is 13.4. The van der Waals surface area contributed by atoms with Crippen LogP contribution in [0, 0.1) is 0 Å². The number of hydrogen-bond acceptors (Lipinski definition) is 2. The Kier molecular flexibility index (Phi) is 3.66. The number of carbonyl (C=O) groups is 1. The zero-order chi connectivity index (χ0) is 14.0. The molecule has 0 unspecified atom stereocenters. The van der Waals surface area contributed by atoms with Crippen LogP contribution >= 0.6 is 0 Å². The van der Waals surface area contributed by atoms with Crippen LogP contribution in [0.1, 0.15) is 31.2 Å². The topological polar surface area (TPSA) is 52.6 Å². The molecule has 1 aromatic rings. The lowest BCUT2D eigenvalue weighted by Gasteiger charge is -2.30. The average Bonchev–Trinajstić information content (AvgIpc) is 3.27. The lowest BCUT2D eigenvalue weighted by molar-refractivity contribution is 0.0841. The molecule has 0 bridgehead atoms. The van der Waals surface area contributed by atoms with Gasteiger partial charge in [0, 0.05) is 25.0 Å². The molecule has 1 aliphatic carbocycles. The molecule has 0 spiro atoms. The van der Waals surface area contributed by atoms with E-state index in [0.29, 0.717) is 13.1 Å². The summed E-state index contributed by atoms with van der Waals surface area (Å²) in [5, 5.41) is 12.7. The van der Waals surface area contributed by atoms with Crippen LogP contribution in [0.2, 0.25) is 0 Å². The summed E-state index contributed by atoms with van der Waals surface area (Å²) in [6, 6.07) is 10.4. The maximum absolute atomic E-state index is 12.2. The fraction of sp³-hybridized carbons (Fsp3) is 0.562. The Morgan fingerprint density at radius 2 is 2.10 bits per heavy atom. The Morgan fingerprint density at radius 3 is 2.75 bits per heavy atom. The number of carbonyl (C=O) groups excluding carboxylic acids is 1. The van der Waals surface area contributed by atoms with Crippen LogP contribution in [-0.2, 0) is 5.41 Å². The minimum Gasteiger partial charge on any atom is -0.391 e. The first-order valence-electron chi connectivity index (χ1n) is 7.46. The van der Waals surface area contributed by atoms with Gasteiger partial charge in [0.2, 0.25) is 0 Å². The largest absolute Gasteiger partial charge is 0.391 e. The minimum absolute atomic E-state index is 0.0362. The summed E-state index contributed by atoms with van der Waals surface area (Å²) in [6.07, 6.45) is 3.61. The number of aliphatic hydroxyl groups excluding tert-OH is 1. The molecule has 4 heteroatoms. The van der Waals surface area contributed by atoms with Gasteiger partial charge in [-0.05, 0) is 31.2 Å². The number of urea groups is 1. The SMILES string of the molecule is O=C(NCC1(c2ccccc2)CC1)N1CCC[C@H](O)C1. The number of piperidine rings is 1. The van der Waals surface area contributed by atoms with Crippen LogP contribution in [0.4, 0.5) is 4.79 Å². The van der Waals surface area contributed by atoms with Gasteiger partial charge in [-0.15, -0.1) is 0 Å². The van der Waals surface area contributed by atoms with Crippen molar-refractivity contribution in [2.24, 2.45) is 0 Å². The quantitative estimate of drug-likeness (QED) is 0.884. The highest BCUT2D eigenvalue weighted by atomic mass is 16.3. The van der Waals surface area contributed by atoms with Crippen molar-refractivity contribution in [2.45, 2.75) is 37.2 Å². The summed E-state index contributed by atoms with van der Waals surface area (Å²) in [7, 11) is 0. The summed E-state index contributed by atoms with van der Waals surface area (Å²) >= 11 is 0. The van der Waals surface area contributed by atoms with E-state index in [1.54, 1.807) is 4.90 Å². The first-order chi connectivity index (χ1) is 9.70. The number of β-amino-alcohol motifs (C(OH)–C–C–N with tert-alkyl or cyclic N) is 1. The predicted octanol–water partition coefficient (Wildman–Crippen LogP) is 1.88. The van der Waals surface area contributed by atoms with Crippen molar-refractivity contribution >= 4 is 6.03 Å². The molecule has 0 aromatic heterocycles. The van der Waals surface area contributed by atoms with E-state index >= 15 is 0 Å². The van der Waals surface area contributed by atoms with Crippen molar-refractivity contribution in [3.05, 3.63) is 35.9 Å². The zero-order valence-corrected chi connectivity index (χ0v) is 11.7. The number of nitrogens with one attached hydrogen (secondary N) is 1. The molecule has 2 fully saturated rings. The molecular weight excluding hydrogens is 252 g/mol. The van der Waals surface area contributed by atoms with Crippen molar-refractivity contribution in [1.82, 2.24) is 10.2 Å². The zero-order valence-electron chi connectivity index (χ0n) is 11.7. The second-order valence-corrected chi connectivity index (χ2v) is 6.05. The van der Waals surface area contributed by atoms with Gasteiger partial charge in [-0.1, -0.05) is 30.3 Å². The molecule has 4 nitrogen and oxygen atoms in total. The van der Waals surface area contributed by atoms with E-state index in [1.807, 2.05) is 6.07 Å². The standard InChI is InChI=1S/C16H22N2O2/c19-14-7-4-10-18(11-14)15(20)17-12-16(8-9-16)13-5-2-1-3-6-13/h1-3,5-6,14,19H,4,7-12H2,(H,17,20)/t14-/m0/s1. The van der Waals surface area contributed by atoms with E-state index in [4.69, 9.17) is 0 Å². The molecule has 2 N–H and O–H groups in total. The Balaban J connectivity index is 1.56. The number of benzene rings is 1. The third-order valence-corrected chi connectivity index (χ3v) is 4.50. The smallest absolute Gasteiger partial charge is 0.317 e. The second kappa shape index (κ2) is 5.44. The second-order valence-electron chi connectivity index (χ2n) is 6.05. The van der Waals surface area contributed by atoms with Crippen molar-refractivity contribution in [3.63, 3.8) is 0 Å². The molecule has 1 aromatic carbocycles. The third kappa shape index (κ3) is 2.80. The minimum atomic E-state index is -0.362. The highest BCUT2D eigenvalue weighted by Crippen LogP contribution is 2.47. The Hall–Kier alpha value is -1.55. The van der Waals surface area contributed by atoms with E-state index in [0.717, 1.165) is 32.2 Å². The van der Waals surface area contributed by atoms with Crippen molar-refractivity contribution < 1.29 is 9.90 Å². The summed E-state index contributed by atoms with van der Waals surface area (Å²) in [5.41, 5.74) is 1.46. The van der Waals surface area contributed by atoms with Crippen LogP contribution in [0.15, 0.2) is 30.3 Å². The fourth-order valence-electron chi connectivity index (χ4n) is 3.01. The molecular formula is C16H22N2O2. The van der Waals surface area contributed by atoms with Crippen LogP contribution in [0.5, 0.6) is 0 Å². The lowest BCUT2D eigenvalue weighted by atomic mass is 9.96. The molecule has 1 saturated carbocycles. The summed E-state index contributed by atoms with van der Waals surface area (Å²) < 4.78 is 0. The van der Waals surface area contributed by atoms with E-state index < -0.39 is 0 Å². The molecule has 2 amide bonds. The third-order valence-electron chi connectivity index (χ3n) is 4.50. The number of amides is 2. The van der Waals surface area contributed by atoms with Gasteiger partial charge in [0.05, 0.1) is 6.10 Å². The van der Waals surface area contributed by atoms with E-state index in [-0.39, 0.29) is 17.6 Å². The van der Waals surface area contributed by atoms with E-state index in [2.05, 4.69) is 29.6 Å². The van der Waals surface area contributed by atoms with Gasteiger partial charge in [0.1, 0.15) is 0 Å². The van der Waals surface area contributed by atoms with Crippen LogP contribution in [0.25, 0.3) is 0 Å². The van der Waals surface area contributed by atoms with E-state index in [1.165, 1.54) is 5.56 Å². The van der Waals surface area contributed by atoms with Gasteiger partial charge in [-0.3, -0.25) is 0 Å². The summed E-state index contributed by atoms with van der Waals surface area (Å²) in [5.74, 6) is 0. The van der Waals surface area contributed by atoms with Crippen LogP contribution < -0.4 is 5.32 Å². The van der Waals surface area contributed by atoms with Crippen molar-refractivity contribution in [1.29, 1.82) is 0 Å². The molecule has 1 heterocycles. The van der Waals surface area contributed by atoms with Crippen molar-refractivity contribution in [3.8, 4) is 0 Å². The van der Waals surface area contributed by atoms with Gasteiger partial charge in [0.15, 0.2) is 0 Å². The lowest BCUT2D eigenvalue weighted by Crippen LogP contribution is -2.48. The maximum atomic E-state index is 12.2. The Labute approximate surface area is 119 Å². The monoisotopic (exact) mass is 274 g/mol. The molecule has 20 heavy (non-hydrogen) atoms. The Bertz CT molecular complexity index is 471. The summed E-state index contributed by atoms with van der Waals surface area (Å²) in [4.78, 5) is 13.9. The highest BCUT2D eigenvalue weighted by molar-refractivity contribution is 5.74. The van der Waals surface area contributed by atoms with Crippen LogP contribution in [-0.4, -0.2) is 41.8 Å². The van der Waals surface area contributed by atoms with Gasteiger partial charge >= 0.3 is 6.03 Å². The van der Waals surface area contributed by atoms with E-state index in [9.17, 15) is 9.90 Å². The molecule has 1 aliphatic heterocycles. The highest BCUT2D eigenvalue weighted by Gasteiger charge is 2.44. The molecule has 0 radical (unpaired) electrons. The molecule has 1 atom stereocenters. The van der Waals surface area contributed by atoms with Gasteiger partial charge < -0.3 is 15.3 Å². The fourth-order valence-corrected chi connectivity index (χ4v) is 3.01. The number of nitrogens with zero attached hydrogens (tertiary/aromatic N) is 1. The first-order valence-corrected chi connectivity index (χ1v) is 7.46. The number of likely N-dealkylation sites (tertiary alicyclic amines) is 1. The Morgan fingerprint density at radius 1 is 1.35 bits per heavy atom. The molecule has 108 valence electrons. The average molecular weight is 274 g/mol. The normalized spacial score (nSPS) is 24.2. The van der Waals surface area contributed by atoms with Crippen LogP contribution in [0.3, 0.4) is 0 Å². The molecule has 2 aliphatic rings. The number of rotatable bonds is 3. The van der Waals surface area contributed by atoms with Gasteiger partial charge in [-0.2, -0.15) is 0 Å². The molecule has 3 rings (SSSR count). The van der Waals surface area contributed by atoms with Gasteiger partial charge in [0.25, 0.3) is 0 Å². The maximum Gasteiger partial charge on any atom is 0.317 e.